The third-order valence-electron chi connectivity index (χ3n) is 3.00. The van der Waals surface area contributed by atoms with Gasteiger partial charge < -0.3 is 15.5 Å². The quantitative estimate of drug-likeness (QED) is 0.677. The van der Waals surface area contributed by atoms with Crippen LogP contribution in [0.3, 0.4) is 0 Å². The lowest BCUT2D eigenvalue weighted by Crippen LogP contribution is -2.26. The molecule has 0 saturated carbocycles. The molecule has 0 aliphatic heterocycles. The van der Waals surface area contributed by atoms with Crippen molar-refractivity contribution < 1.29 is 4.79 Å². The fraction of sp³-hybridized carbons (Fsp3) is 0.667. The predicted molar refractivity (Wildman–Crippen MR) is 85.5 cm³/mol. The molecule has 2 N–H and O–H groups in total. The Hall–Kier alpha value is -1.69. The number of nitrogens with zero attached hydrogens (tertiary/aromatic N) is 3. The van der Waals surface area contributed by atoms with Crippen molar-refractivity contribution in [2.45, 2.75) is 26.7 Å². The van der Waals surface area contributed by atoms with E-state index in [2.05, 4.69) is 39.3 Å². The molecule has 1 rings (SSSR count). The summed E-state index contributed by atoms with van der Waals surface area (Å²) in [5.41, 5.74) is 0.406. The van der Waals surface area contributed by atoms with E-state index in [1.54, 1.807) is 6.07 Å². The number of carbonyl (C=O) groups is 1. The van der Waals surface area contributed by atoms with Crippen LogP contribution in [0.5, 0.6) is 0 Å². The second-order valence-electron chi connectivity index (χ2n) is 5.81. The summed E-state index contributed by atoms with van der Waals surface area (Å²) in [6.07, 6.45) is 3.41. The fourth-order valence-electron chi connectivity index (χ4n) is 1.75. The van der Waals surface area contributed by atoms with E-state index in [1.165, 1.54) is 6.33 Å². The van der Waals surface area contributed by atoms with Crippen LogP contribution >= 0.6 is 0 Å². The molecule has 1 amide bonds. The van der Waals surface area contributed by atoms with Crippen LogP contribution in [-0.4, -0.2) is 54.5 Å². The Bertz CT molecular complexity index is 434. The van der Waals surface area contributed by atoms with Crippen LogP contribution in [-0.2, 0) is 0 Å². The minimum atomic E-state index is -0.144. The summed E-state index contributed by atoms with van der Waals surface area (Å²) in [5.74, 6) is 1.12. The Kier molecular flexibility index (Phi) is 7.68. The highest BCUT2D eigenvalue weighted by Gasteiger charge is 2.08. The molecule has 0 aliphatic carbocycles. The summed E-state index contributed by atoms with van der Waals surface area (Å²) in [4.78, 5) is 22.2. The molecule has 0 saturated heterocycles. The summed E-state index contributed by atoms with van der Waals surface area (Å²) in [7, 11) is 4.09. The molecular formula is C15H27N5O. The Morgan fingerprint density at radius 1 is 1.29 bits per heavy atom. The molecule has 0 fully saturated rings. The maximum atomic E-state index is 12.0. The number of aromatic nitrogens is 2. The van der Waals surface area contributed by atoms with E-state index >= 15 is 0 Å². The van der Waals surface area contributed by atoms with Gasteiger partial charge in [0.2, 0.25) is 0 Å². The molecule has 0 atom stereocenters. The Morgan fingerprint density at radius 2 is 2.05 bits per heavy atom. The highest BCUT2D eigenvalue weighted by Crippen LogP contribution is 2.04. The molecule has 0 radical (unpaired) electrons. The van der Waals surface area contributed by atoms with Gasteiger partial charge in [-0.3, -0.25) is 4.79 Å². The van der Waals surface area contributed by atoms with Crippen molar-refractivity contribution in [3.05, 3.63) is 18.1 Å². The third kappa shape index (κ3) is 7.60. The molecule has 1 aromatic rings. The maximum Gasteiger partial charge on any atom is 0.270 e. The van der Waals surface area contributed by atoms with Crippen molar-refractivity contribution in [2.24, 2.45) is 5.92 Å². The Balaban J connectivity index is 2.42. The first-order chi connectivity index (χ1) is 9.99. The van der Waals surface area contributed by atoms with E-state index < -0.39 is 0 Å². The topological polar surface area (TPSA) is 70.2 Å². The predicted octanol–water partition coefficient (Wildman–Crippen LogP) is 1.62. The van der Waals surface area contributed by atoms with Gasteiger partial charge in [-0.25, -0.2) is 9.97 Å². The van der Waals surface area contributed by atoms with Crippen molar-refractivity contribution in [2.75, 3.05) is 39.0 Å². The number of anilines is 1. The zero-order valence-corrected chi connectivity index (χ0v) is 13.5. The van der Waals surface area contributed by atoms with Gasteiger partial charge in [-0.2, -0.15) is 0 Å². The molecule has 0 unspecified atom stereocenters. The maximum absolute atomic E-state index is 12.0. The number of carbonyl (C=O) groups excluding carboxylic acids is 1. The first kappa shape index (κ1) is 17.4. The van der Waals surface area contributed by atoms with Gasteiger partial charge in [-0.05, 0) is 39.4 Å². The summed E-state index contributed by atoms with van der Waals surface area (Å²) in [6.45, 7) is 6.77. The Labute approximate surface area is 127 Å². The van der Waals surface area contributed by atoms with Crippen molar-refractivity contribution in [1.82, 2.24) is 20.2 Å². The lowest BCUT2D eigenvalue weighted by Gasteiger charge is -2.10. The molecule has 6 nitrogen and oxygen atoms in total. The molecule has 1 heterocycles. The van der Waals surface area contributed by atoms with Gasteiger partial charge in [0.25, 0.3) is 5.91 Å². The van der Waals surface area contributed by atoms with Gasteiger partial charge in [0, 0.05) is 19.2 Å². The van der Waals surface area contributed by atoms with Crippen LogP contribution in [0.15, 0.2) is 12.4 Å². The normalized spacial score (nSPS) is 11.0. The van der Waals surface area contributed by atoms with Gasteiger partial charge in [-0.1, -0.05) is 13.8 Å². The van der Waals surface area contributed by atoms with Crippen molar-refractivity contribution in [3.8, 4) is 0 Å². The smallest absolute Gasteiger partial charge is 0.270 e. The molecule has 1 aromatic heterocycles. The number of nitrogens with one attached hydrogen (secondary N) is 2. The molecule has 6 heteroatoms. The van der Waals surface area contributed by atoms with Gasteiger partial charge in [0.15, 0.2) is 0 Å². The number of amides is 1. The minimum absolute atomic E-state index is 0.144. The second-order valence-corrected chi connectivity index (χ2v) is 5.81. The average Bonchev–Trinajstić information content (AvgIpc) is 2.43. The van der Waals surface area contributed by atoms with Crippen LogP contribution < -0.4 is 10.6 Å². The highest BCUT2D eigenvalue weighted by molar-refractivity contribution is 5.92. The largest absolute Gasteiger partial charge is 0.370 e. The monoisotopic (exact) mass is 293 g/mol. The summed E-state index contributed by atoms with van der Waals surface area (Å²) < 4.78 is 0. The summed E-state index contributed by atoms with van der Waals surface area (Å²) in [5, 5.41) is 6.09. The van der Waals surface area contributed by atoms with Crippen LogP contribution in [0, 0.1) is 5.92 Å². The van der Waals surface area contributed by atoms with Gasteiger partial charge >= 0.3 is 0 Å². The number of rotatable bonds is 9. The van der Waals surface area contributed by atoms with Crippen LogP contribution in [0.4, 0.5) is 5.82 Å². The standard InChI is InChI=1S/C15H27N5O/c1-12(2)6-8-17-15(21)13-10-14(19-11-18-13)16-7-5-9-20(3)4/h10-12H,5-9H2,1-4H3,(H,17,21)(H,16,18,19). The zero-order chi connectivity index (χ0) is 15.7. The lowest BCUT2D eigenvalue weighted by atomic mass is 10.1. The van der Waals surface area contributed by atoms with Gasteiger partial charge in [0.1, 0.15) is 17.8 Å². The second kappa shape index (κ2) is 9.28. The SMILES string of the molecule is CC(C)CCNC(=O)c1cc(NCCCN(C)C)ncn1. The fourth-order valence-corrected chi connectivity index (χ4v) is 1.75. The van der Waals surface area contributed by atoms with Crippen molar-refractivity contribution in [3.63, 3.8) is 0 Å². The Morgan fingerprint density at radius 3 is 2.71 bits per heavy atom. The van der Waals surface area contributed by atoms with E-state index in [-0.39, 0.29) is 5.91 Å². The molecule has 0 aromatic carbocycles. The molecule has 21 heavy (non-hydrogen) atoms. The van der Waals surface area contributed by atoms with Gasteiger partial charge in [-0.15, -0.1) is 0 Å². The van der Waals surface area contributed by atoms with E-state index in [0.29, 0.717) is 24.0 Å². The highest BCUT2D eigenvalue weighted by atomic mass is 16.1. The molecular weight excluding hydrogens is 266 g/mol. The van der Waals surface area contributed by atoms with E-state index in [0.717, 1.165) is 25.9 Å². The van der Waals surface area contributed by atoms with Crippen molar-refractivity contribution in [1.29, 1.82) is 0 Å². The number of hydrogen-bond acceptors (Lipinski definition) is 5. The summed E-state index contributed by atoms with van der Waals surface area (Å²) in [6, 6.07) is 1.69. The first-order valence-electron chi connectivity index (χ1n) is 7.48. The molecule has 0 spiro atoms. The zero-order valence-electron chi connectivity index (χ0n) is 13.5. The van der Waals surface area contributed by atoms with E-state index in [1.807, 2.05) is 14.1 Å². The van der Waals surface area contributed by atoms with Crippen LogP contribution in [0.1, 0.15) is 37.2 Å². The lowest BCUT2D eigenvalue weighted by molar-refractivity contribution is 0.0947. The van der Waals surface area contributed by atoms with Crippen LogP contribution in [0.25, 0.3) is 0 Å². The molecule has 0 aliphatic rings. The van der Waals surface area contributed by atoms with Crippen molar-refractivity contribution >= 4 is 11.7 Å². The first-order valence-corrected chi connectivity index (χ1v) is 7.48. The van der Waals surface area contributed by atoms with Gasteiger partial charge in [0.05, 0.1) is 0 Å². The van der Waals surface area contributed by atoms with E-state index in [9.17, 15) is 4.79 Å². The average molecular weight is 293 g/mol. The molecule has 118 valence electrons. The van der Waals surface area contributed by atoms with Crippen LogP contribution in [0.2, 0.25) is 0 Å². The van der Waals surface area contributed by atoms with E-state index in [4.69, 9.17) is 0 Å². The summed E-state index contributed by atoms with van der Waals surface area (Å²) >= 11 is 0. The minimum Gasteiger partial charge on any atom is -0.370 e. The third-order valence-corrected chi connectivity index (χ3v) is 3.00. The molecule has 0 bridgehead atoms. The number of hydrogen-bond donors (Lipinski definition) is 2.